The Kier molecular flexibility index (Phi) is 3.97. The molecule has 7 heteroatoms. The fourth-order valence-corrected chi connectivity index (χ4v) is 3.19. The van der Waals surface area contributed by atoms with Crippen LogP contribution in [0.1, 0.15) is 22.8 Å². The van der Waals surface area contributed by atoms with Crippen LogP contribution in [0.2, 0.25) is 0 Å². The van der Waals surface area contributed by atoms with Gasteiger partial charge >= 0.3 is 0 Å². The second-order valence-corrected chi connectivity index (χ2v) is 5.60. The number of alkyl halides is 4. The number of hydrogen-bond acceptors (Lipinski definition) is 2. The quantitative estimate of drug-likeness (QED) is 0.633. The molecular formula is C12H11F4IO2. The summed E-state index contributed by atoms with van der Waals surface area (Å²) in [4.78, 5) is 0. The smallest absolute Gasteiger partial charge is 0.281 e. The van der Waals surface area contributed by atoms with E-state index in [-0.39, 0.29) is 16.9 Å². The standard InChI is InChI=1S/C12H11F4IO2/c1-5-2-7(17)10(19-4-8(13)14)6-3-12(15,16)11(18)9(5)6/h2,8,11,18H,3-4H2,1H3. The highest BCUT2D eigenvalue weighted by Gasteiger charge is 2.49. The van der Waals surface area contributed by atoms with E-state index in [1.165, 1.54) is 0 Å². The Hall–Kier alpha value is -0.570. The van der Waals surface area contributed by atoms with Crippen molar-refractivity contribution < 1.29 is 27.4 Å². The van der Waals surface area contributed by atoms with Crippen molar-refractivity contribution in [3.05, 3.63) is 26.3 Å². The summed E-state index contributed by atoms with van der Waals surface area (Å²) >= 11 is 1.85. The second kappa shape index (κ2) is 5.08. The van der Waals surface area contributed by atoms with Crippen LogP contribution in [0.15, 0.2) is 6.07 Å². The largest absolute Gasteiger partial charge is 0.486 e. The molecule has 1 aromatic rings. The maximum Gasteiger partial charge on any atom is 0.281 e. The third-order valence-electron chi connectivity index (χ3n) is 3.02. The molecule has 1 atom stereocenters. The van der Waals surface area contributed by atoms with Crippen LogP contribution in [-0.2, 0) is 6.42 Å². The number of rotatable bonds is 3. The number of aliphatic hydroxyl groups is 1. The van der Waals surface area contributed by atoms with E-state index >= 15 is 0 Å². The van der Waals surface area contributed by atoms with Crippen molar-refractivity contribution in [1.82, 2.24) is 0 Å². The van der Waals surface area contributed by atoms with Crippen molar-refractivity contribution >= 4 is 22.6 Å². The molecule has 0 heterocycles. The summed E-state index contributed by atoms with van der Waals surface area (Å²) in [6.45, 7) is 0.746. The van der Waals surface area contributed by atoms with E-state index < -0.39 is 31.5 Å². The number of ether oxygens (including phenoxy) is 1. The molecule has 1 unspecified atom stereocenters. The molecular weight excluding hydrogens is 379 g/mol. The molecule has 0 fully saturated rings. The van der Waals surface area contributed by atoms with Crippen molar-refractivity contribution in [1.29, 1.82) is 0 Å². The summed E-state index contributed by atoms with van der Waals surface area (Å²) < 4.78 is 56.9. The normalized spacial score (nSPS) is 20.7. The number of aliphatic hydroxyl groups excluding tert-OH is 1. The van der Waals surface area contributed by atoms with Crippen LogP contribution in [0, 0.1) is 10.5 Å². The van der Waals surface area contributed by atoms with Crippen molar-refractivity contribution in [2.45, 2.75) is 31.8 Å². The number of fused-ring (bicyclic) bond motifs is 1. The number of hydrogen-bond donors (Lipinski definition) is 1. The molecule has 0 radical (unpaired) electrons. The predicted octanol–water partition coefficient (Wildman–Crippen LogP) is 3.47. The molecule has 2 nitrogen and oxygen atoms in total. The number of benzene rings is 1. The lowest BCUT2D eigenvalue weighted by atomic mass is 10.0. The highest BCUT2D eigenvalue weighted by atomic mass is 127. The molecule has 2 rings (SSSR count). The van der Waals surface area contributed by atoms with Crippen LogP contribution in [0.4, 0.5) is 17.6 Å². The highest BCUT2D eigenvalue weighted by molar-refractivity contribution is 14.1. The average Bonchev–Trinajstić information content (AvgIpc) is 2.49. The Balaban J connectivity index is 2.47. The van der Waals surface area contributed by atoms with Gasteiger partial charge in [0, 0.05) is 12.0 Å². The molecule has 0 spiro atoms. The van der Waals surface area contributed by atoms with Gasteiger partial charge in [0.05, 0.1) is 3.57 Å². The molecule has 106 valence electrons. The van der Waals surface area contributed by atoms with Gasteiger partial charge in [-0.3, -0.25) is 0 Å². The maximum absolute atomic E-state index is 13.6. The zero-order chi connectivity index (χ0) is 14.4. The van der Waals surface area contributed by atoms with Crippen molar-refractivity contribution in [3.8, 4) is 5.75 Å². The van der Waals surface area contributed by atoms with E-state index in [4.69, 9.17) is 4.74 Å². The Labute approximate surface area is 120 Å². The minimum Gasteiger partial charge on any atom is -0.486 e. The van der Waals surface area contributed by atoms with Gasteiger partial charge in [0.1, 0.15) is 18.5 Å². The van der Waals surface area contributed by atoms with Gasteiger partial charge in [0.25, 0.3) is 12.3 Å². The summed E-state index contributed by atoms with van der Waals surface area (Å²) in [6.07, 6.45) is -5.28. The Morgan fingerprint density at radius 2 is 2.16 bits per heavy atom. The monoisotopic (exact) mass is 390 g/mol. The summed E-state index contributed by atoms with van der Waals surface area (Å²) in [7, 11) is 0. The van der Waals surface area contributed by atoms with Gasteiger partial charge in [-0.1, -0.05) is 0 Å². The van der Waals surface area contributed by atoms with E-state index in [9.17, 15) is 22.7 Å². The lowest BCUT2D eigenvalue weighted by molar-refractivity contribution is -0.0970. The molecule has 0 bridgehead atoms. The van der Waals surface area contributed by atoms with Crippen LogP contribution < -0.4 is 4.74 Å². The molecule has 0 aromatic heterocycles. The third kappa shape index (κ3) is 2.67. The SMILES string of the molecule is Cc1cc(I)c(OCC(F)F)c2c1C(O)C(F)(F)C2. The minimum absolute atomic E-state index is 0.0257. The fraction of sp³-hybridized carbons (Fsp3) is 0.500. The van der Waals surface area contributed by atoms with E-state index in [0.717, 1.165) is 0 Å². The highest BCUT2D eigenvalue weighted by Crippen LogP contribution is 2.49. The Bertz CT molecular complexity index is 505. The first-order chi connectivity index (χ1) is 8.74. The maximum atomic E-state index is 13.6. The van der Waals surface area contributed by atoms with Crippen LogP contribution in [0.25, 0.3) is 0 Å². The van der Waals surface area contributed by atoms with Gasteiger partial charge in [-0.2, -0.15) is 0 Å². The van der Waals surface area contributed by atoms with Crippen LogP contribution in [0.5, 0.6) is 5.75 Å². The predicted molar refractivity (Wildman–Crippen MR) is 69.0 cm³/mol. The summed E-state index contributed by atoms with van der Waals surface area (Å²) in [5, 5.41) is 9.63. The van der Waals surface area contributed by atoms with E-state index in [0.29, 0.717) is 9.13 Å². The van der Waals surface area contributed by atoms with Crippen LogP contribution >= 0.6 is 22.6 Å². The summed E-state index contributed by atoms with van der Waals surface area (Å²) in [6, 6.07) is 1.55. The summed E-state index contributed by atoms with van der Waals surface area (Å²) in [5.74, 6) is -3.27. The molecule has 1 aliphatic rings. The third-order valence-corrected chi connectivity index (χ3v) is 3.83. The van der Waals surface area contributed by atoms with Gasteiger partial charge in [0.2, 0.25) is 0 Å². The molecule has 0 aliphatic heterocycles. The second-order valence-electron chi connectivity index (χ2n) is 4.44. The minimum atomic E-state index is -3.29. The first-order valence-corrected chi connectivity index (χ1v) is 6.60. The lowest BCUT2D eigenvalue weighted by Crippen LogP contribution is -2.21. The van der Waals surface area contributed by atoms with Gasteiger partial charge in [-0.15, -0.1) is 0 Å². The average molecular weight is 390 g/mol. The molecule has 1 aromatic carbocycles. The van der Waals surface area contributed by atoms with Gasteiger partial charge < -0.3 is 9.84 Å². The first kappa shape index (κ1) is 14.8. The number of aryl methyl sites for hydroxylation is 1. The molecule has 0 saturated carbocycles. The zero-order valence-corrected chi connectivity index (χ0v) is 12.0. The van der Waals surface area contributed by atoms with E-state index in [1.54, 1.807) is 13.0 Å². The van der Waals surface area contributed by atoms with E-state index in [2.05, 4.69) is 0 Å². The molecule has 0 amide bonds. The Morgan fingerprint density at radius 3 is 2.74 bits per heavy atom. The summed E-state index contributed by atoms with van der Waals surface area (Å²) in [5.41, 5.74) is 0.728. The molecule has 1 N–H and O–H groups in total. The van der Waals surface area contributed by atoms with Crippen molar-refractivity contribution in [2.24, 2.45) is 0 Å². The van der Waals surface area contributed by atoms with Crippen LogP contribution in [-0.4, -0.2) is 24.1 Å². The van der Waals surface area contributed by atoms with Gasteiger partial charge in [0.15, 0.2) is 0 Å². The molecule has 19 heavy (non-hydrogen) atoms. The van der Waals surface area contributed by atoms with Gasteiger partial charge in [-0.25, -0.2) is 17.6 Å². The van der Waals surface area contributed by atoms with Crippen molar-refractivity contribution in [2.75, 3.05) is 6.61 Å². The van der Waals surface area contributed by atoms with Crippen LogP contribution in [0.3, 0.4) is 0 Å². The van der Waals surface area contributed by atoms with Crippen molar-refractivity contribution in [3.63, 3.8) is 0 Å². The zero-order valence-electron chi connectivity index (χ0n) is 9.89. The van der Waals surface area contributed by atoms with Gasteiger partial charge in [-0.05, 0) is 46.7 Å². The first-order valence-electron chi connectivity index (χ1n) is 5.52. The Morgan fingerprint density at radius 1 is 1.53 bits per heavy atom. The fourth-order valence-electron chi connectivity index (χ4n) is 2.24. The lowest BCUT2D eigenvalue weighted by Gasteiger charge is -2.15. The number of halogens is 5. The molecule has 1 aliphatic carbocycles. The van der Waals surface area contributed by atoms with E-state index in [1.807, 2.05) is 22.6 Å². The molecule has 0 saturated heterocycles. The topological polar surface area (TPSA) is 29.5 Å².